The first-order chi connectivity index (χ1) is 11.8. The second-order valence-corrected chi connectivity index (χ2v) is 8.98. The van der Waals surface area contributed by atoms with Crippen LogP contribution in [0, 0.1) is 28.6 Å². The fourth-order valence-electron chi connectivity index (χ4n) is 6.52. The lowest BCUT2D eigenvalue weighted by molar-refractivity contribution is -0.182. The molecule has 4 nitrogen and oxygen atoms in total. The number of aliphatic hydroxyl groups is 1. The highest BCUT2D eigenvalue weighted by Gasteiger charge is 2.66. The minimum absolute atomic E-state index is 0.0423. The summed E-state index contributed by atoms with van der Waals surface area (Å²) in [5.74, 6) is 0.869. The Bertz CT molecular complexity index is 692. The first kappa shape index (κ1) is 17.0. The van der Waals surface area contributed by atoms with Crippen molar-refractivity contribution in [2.75, 3.05) is 7.11 Å². The Morgan fingerprint density at radius 2 is 1.92 bits per heavy atom. The molecular formula is C21H28O4. The van der Waals surface area contributed by atoms with Crippen LogP contribution in [0.15, 0.2) is 23.8 Å². The number of rotatable bonds is 1. The van der Waals surface area contributed by atoms with Gasteiger partial charge in [0.2, 0.25) is 0 Å². The van der Waals surface area contributed by atoms with Crippen molar-refractivity contribution in [2.45, 2.75) is 58.0 Å². The van der Waals surface area contributed by atoms with Crippen molar-refractivity contribution < 1.29 is 19.4 Å². The molecule has 136 valence electrons. The van der Waals surface area contributed by atoms with Gasteiger partial charge in [-0.2, -0.15) is 0 Å². The summed E-state index contributed by atoms with van der Waals surface area (Å²) in [6.45, 7) is 4.38. The summed E-state index contributed by atoms with van der Waals surface area (Å²) in [6.07, 6.45) is 10.9. The molecule has 0 aromatic heterocycles. The Hall–Kier alpha value is -1.42. The predicted molar refractivity (Wildman–Crippen MR) is 93.6 cm³/mol. The van der Waals surface area contributed by atoms with Gasteiger partial charge in [0, 0.05) is 11.8 Å². The van der Waals surface area contributed by atoms with E-state index in [1.165, 1.54) is 12.7 Å². The Balaban J connectivity index is 1.73. The van der Waals surface area contributed by atoms with Gasteiger partial charge in [0.1, 0.15) is 0 Å². The van der Waals surface area contributed by atoms with E-state index in [0.717, 1.165) is 25.7 Å². The van der Waals surface area contributed by atoms with Gasteiger partial charge in [-0.1, -0.05) is 26.0 Å². The molecule has 1 N–H and O–H groups in total. The third-order valence-corrected chi connectivity index (χ3v) is 8.19. The summed E-state index contributed by atoms with van der Waals surface area (Å²) in [5.41, 5.74) is -0.589. The molecule has 1 unspecified atom stereocenters. The molecule has 25 heavy (non-hydrogen) atoms. The molecule has 2 fully saturated rings. The summed E-state index contributed by atoms with van der Waals surface area (Å²) in [7, 11) is 1.36. The molecule has 4 rings (SSSR count). The number of carbonyl (C=O) groups excluding carboxylic acids is 2. The number of carbonyl (C=O) groups is 2. The summed E-state index contributed by atoms with van der Waals surface area (Å²) in [4.78, 5) is 24.2. The van der Waals surface area contributed by atoms with Crippen molar-refractivity contribution in [3.63, 3.8) is 0 Å². The number of allylic oxidation sites excluding steroid dienone is 4. The average molecular weight is 344 g/mol. The van der Waals surface area contributed by atoms with Gasteiger partial charge in [-0.15, -0.1) is 0 Å². The van der Waals surface area contributed by atoms with Crippen molar-refractivity contribution in [3.05, 3.63) is 23.8 Å². The lowest BCUT2D eigenvalue weighted by Crippen LogP contribution is -2.57. The first-order valence-corrected chi connectivity index (χ1v) is 9.50. The minimum Gasteiger partial charge on any atom is -0.467 e. The SMILES string of the molecule is COC(=O)C1(O)CC[C@H]2[C@@H]3C=CC4=CC(=O)CC[C@]4(C)[C@H]3CC[C@@]21C. The maximum Gasteiger partial charge on any atom is 0.338 e. The number of esters is 1. The molecule has 0 amide bonds. The summed E-state index contributed by atoms with van der Waals surface area (Å²) >= 11 is 0. The minimum atomic E-state index is -1.37. The lowest BCUT2D eigenvalue weighted by Gasteiger charge is -2.56. The van der Waals surface area contributed by atoms with Crippen LogP contribution in [0.5, 0.6) is 0 Å². The highest BCUT2D eigenvalue weighted by Crippen LogP contribution is 2.66. The summed E-state index contributed by atoms with van der Waals surface area (Å²) < 4.78 is 4.95. The molecule has 0 saturated heterocycles. The van der Waals surface area contributed by atoms with Gasteiger partial charge in [0.05, 0.1) is 7.11 Å². The largest absolute Gasteiger partial charge is 0.467 e. The van der Waals surface area contributed by atoms with Gasteiger partial charge >= 0.3 is 5.97 Å². The second kappa shape index (κ2) is 5.29. The smallest absolute Gasteiger partial charge is 0.338 e. The topological polar surface area (TPSA) is 63.6 Å². The average Bonchev–Trinajstić information content (AvgIpc) is 2.87. The third kappa shape index (κ3) is 2.03. The van der Waals surface area contributed by atoms with Gasteiger partial charge < -0.3 is 9.84 Å². The molecule has 4 aliphatic carbocycles. The molecule has 4 heteroatoms. The van der Waals surface area contributed by atoms with Gasteiger partial charge in [-0.25, -0.2) is 4.79 Å². The zero-order chi connectivity index (χ0) is 18.0. The van der Waals surface area contributed by atoms with Crippen LogP contribution in [-0.2, 0) is 14.3 Å². The molecular weight excluding hydrogens is 316 g/mol. The zero-order valence-electron chi connectivity index (χ0n) is 15.4. The maximum absolute atomic E-state index is 12.3. The fraction of sp³-hybridized carbons (Fsp3) is 0.714. The van der Waals surface area contributed by atoms with Crippen molar-refractivity contribution in [1.82, 2.24) is 0 Å². The number of fused-ring (bicyclic) bond motifs is 5. The van der Waals surface area contributed by atoms with Crippen LogP contribution < -0.4 is 0 Å². The van der Waals surface area contributed by atoms with Crippen molar-refractivity contribution in [2.24, 2.45) is 28.6 Å². The molecule has 0 bridgehead atoms. The van der Waals surface area contributed by atoms with E-state index in [4.69, 9.17) is 4.74 Å². The van der Waals surface area contributed by atoms with E-state index >= 15 is 0 Å². The molecule has 0 heterocycles. The standard InChI is InChI=1S/C21H28O4/c1-19-9-6-14(22)12-13(19)4-5-15-16(19)7-10-20(2)17(15)8-11-21(20,24)18(23)25-3/h4-5,12,15-17,24H,6-11H2,1-3H3/t15-,16+,17+,19+,20+,21?/m1/s1. The number of methoxy groups -OCH3 is 1. The van der Waals surface area contributed by atoms with E-state index in [1.54, 1.807) is 0 Å². The van der Waals surface area contributed by atoms with Crippen molar-refractivity contribution in [1.29, 1.82) is 0 Å². The molecule has 0 spiro atoms. The van der Waals surface area contributed by atoms with Crippen LogP contribution >= 0.6 is 0 Å². The van der Waals surface area contributed by atoms with Gasteiger partial charge in [0.25, 0.3) is 0 Å². The van der Waals surface area contributed by atoms with Crippen LogP contribution in [0.3, 0.4) is 0 Å². The molecule has 0 aromatic carbocycles. The van der Waals surface area contributed by atoms with Gasteiger partial charge in [0.15, 0.2) is 11.4 Å². The summed E-state index contributed by atoms with van der Waals surface area (Å²) in [5, 5.41) is 11.2. The third-order valence-electron chi connectivity index (χ3n) is 8.19. The van der Waals surface area contributed by atoms with E-state index < -0.39 is 17.0 Å². The Labute approximate surface area is 149 Å². The van der Waals surface area contributed by atoms with E-state index in [0.29, 0.717) is 24.7 Å². The molecule has 6 atom stereocenters. The van der Waals surface area contributed by atoms with E-state index in [2.05, 4.69) is 26.0 Å². The summed E-state index contributed by atoms with van der Waals surface area (Å²) in [6, 6.07) is 0. The maximum atomic E-state index is 12.3. The van der Waals surface area contributed by atoms with E-state index in [9.17, 15) is 14.7 Å². The van der Waals surface area contributed by atoms with Crippen molar-refractivity contribution >= 4 is 11.8 Å². The first-order valence-electron chi connectivity index (χ1n) is 9.50. The van der Waals surface area contributed by atoms with Crippen molar-refractivity contribution in [3.8, 4) is 0 Å². The van der Waals surface area contributed by atoms with Gasteiger partial charge in [-0.3, -0.25) is 4.79 Å². The van der Waals surface area contributed by atoms with Crippen LogP contribution in [0.2, 0.25) is 0 Å². The quantitative estimate of drug-likeness (QED) is 0.742. The Morgan fingerprint density at radius 1 is 1.20 bits per heavy atom. The second-order valence-electron chi connectivity index (χ2n) is 8.98. The van der Waals surface area contributed by atoms with Crippen LogP contribution in [0.1, 0.15) is 52.4 Å². The monoisotopic (exact) mass is 344 g/mol. The zero-order valence-corrected chi connectivity index (χ0v) is 15.4. The number of hydrogen-bond acceptors (Lipinski definition) is 4. The number of ether oxygens (including phenoxy) is 1. The van der Waals surface area contributed by atoms with Gasteiger partial charge in [-0.05, 0) is 66.9 Å². The number of hydrogen-bond donors (Lipinski definition) is 1. The Morgan fingerprint density at radius 3 is 2.64 bits per heavy atom. The molecule has 0 aliphatic heterocycles. The Kier molecular flexibility index (Phi) is 3.60. The van der Waals surface area contributed by atoms with Crippen LogP contribution in [-0.4, -0.2) is 29.6 Å². The highest BCUT2D eigenvalue weighted by molar-refractivity contribution is 5.92. The lowest BCUT2D eigenvalue weighted by atomic mass is 9.48. The normalized spacial score (nSPS) is 48.2. The van der Waals surface area contributed by atoms with Crippen LogP contribution in [0.25, 0.3) is 0 Å². The fourth-order valence-corrected chi connectivity index (χ4v) is 6.52. The molecule has 4 aliphatic rings. The predicted octanol–water partition coefficient (Wildman–Crippen LogP) is 3.20. The van der Waals surface area contributed by atoms with E-state index in [1.807, 2.05) is 6.08 Å². The highest BCUT2D eigenvalue weighted by atomic mass is 16.5. The molecule has 0 radical (unpaired) electrons. The molecule has 2 saturated carbocycles. The van der Waals surface area contributed by atoms with Crippen LogP contribution in [0.4, 0.5) is 0 Å². The number of ketones is 1. The van der Waals surface area contributed by atoms with E-state index in [-0.39, 0.29) is 17.1 Å². The molecule has 0 aromatic rings.